The summed E-state index contributed by atoms with van der Waals surface area (Å²) in [5, 5.41) is 0. The summed E-state index contributed by atoms with van der Waals surface area (Å²) < 4.78 is 69.2. The molecule has 1 heterocycles. The Morgan fingerprint density at radius 3 is 2.29 bits per heavy atom. The average molecular weight is 429 g/mol. The molecule has 28 heavy (non-hydrogen) atoms. The smallest absolute Gasteiger partial charge is 0.376 e. The Bertz CT molecular complexity index is 631. The second-order valence-corrected chi connectivity index (χ2v) is 9.92. The van der Waals surface area contributed by atoms with Crippen LogP contribution in [0.5, 0.6) is 0 Å². The number of nitrogens with one attached hydrogen (secondary N) is 1. The summed E-state index contributed by atoms with van der Waals surface area (Å²) in [7, 11) is -5.48. The first-order valence-corrected chi connectivity index (χ1v) is 11.4. The Morgan fingerprint density at radius 1 is 1.18 bits per heavy atom. The van der Waals surface area contributed by atoms with E-state index in [4.69, 9.17) is 4.74 Å². The Hall–Kier alpha value is -0.870. The number of amides is 1. The van der Waals surface area contributed by atoms with E-state index in [1.165, 1.54) is 11.8 Å². The van der Waals surface area contributed by atoms with Gasteiger partial charge in [-0.1, -0.05) is 13.8 Å². The van der Waals surface area contributed by atoms with E-state index in [9.17, 15) is 26.4 Å². The van der Waals surface area contributed by atoms with Gasteiger partial charge in [-0.15, -0.1) is 0 Å². The number of nitrogens with zero attached hydrogens (tertiary/aromatic N) is 1. The fourth-order valence-electron chi connectivity index (χ4n) is 4.21. The third-order valence-corrected chi connectivity index (χ3v) is 7.18. The maximum absolute atomic E-state index is 12.8. The molecule has 1 amide bonds. The molecule has 164 valence electrons. The summed E-state index contributed by atoms with van der Waals surface area (Å²) in [5.74, 6) is 0.955. The fraction of sp³-hybridized carbons (Fsp3) is 0.944. The van der Waals surface area contributed by atoms with E-state index >= 15 is 0 Å². The summed E-state index contributed by atoms with van der Waals surface area (Å²) in [6.45, 7) is 6.13. The number of carbonyl (C=O) groups excluding carboxylic acids is 1. The highest BCUT2D eigenvalue weighted by atomic mass is 32.2. The molecule has 1 saturated carbocycles. The highest BCUT2D eigenvalue weighted by Gasteiger charge is 2.48. The van der Waals surface area contributed by atoms with Gasteiger partial charge in [-0.05, 0) is 50.4 Å². The zero-order chi connectivity index (χ0) is 21.1. The monoisotopic (exact) mass is 428 g/mol. The lowest BCUT2D eigenvalue weighted by Crippen LogP contribution is -2.60. The van der Waals surface area contributed by atoms with Crippen LogP contribution in [0.25, 0.3) is 0 Å². The van der Waals surface area contributed by atoms with Crippen molar-refractivity contribution in [2.24, 2.45) is 11.8 Å². The number of piperidine rings is 1. The summed E-state index contributed by atoms with van der Waals surface area (Å²) in [5.41, 5.74) is -5.38. The van der Waals surface area contributed by atoms with Gasteiger partial charge < -0.3 is 9.64 Å². The van der Waals surface area contributed by atoms with Crippen molar-refractivity contribution in [1.82, 2.24) is 9.62 Å². The summed E-state index contributed by atoms with van der Waals surface area (Å²) in [6.07, 6.45) is 4.46. The number of hydrogen-bond acceptors (Lipinski definition) is 4. The highest BCUT2D eigenvalue weighted by Crippen LogP contribution is 2.32. The SMILES string of the molecule is CC(=O)N1CCC[C@H](NS(=O)(=O)C(F)(F)F)[C@@H]1CO[C@H]1CC[C@@H](C(C)C)CC1. The van der Waals surface area contributed by atoms with Gasteiger partial charge in [-0.3, -0.25) is 4.79 Å². The maximum Gasteiger partial charge on any atom is 0.511 e. The molecule has 2 aliphatic rings. The molecule has 0 aromatic rings. The van der Waals surface area contributed by atoms with Gasteiger partial charge in [0.25, 0.3) is 0 Å². The van der Waals surface area contributed by atoms with E-state index in [1.807, 2.05) is 0 Å². The molecule has 0 spiro atoms. The number of alkyl halides is 3. The van der Waals surface area contributed by atoms with Crippen LogP contribution in [0.1, 0.15) is 59.3 Å². The molecule has 1 saturated heterocycles. The van der Waals surface area contributed by atoms with Crippen molar-refractivity contribution in [2.45, 2.75) is 83.0 Å². The molecular formula is C18H31F3N2O4S. The Kier molecular flexibility index (Phi) is 7.77. The van der Waals surface area contributed by atoms with Crippen LogP contribution >= 0.6 is 0 Å². The molecule has 2 rings (SSSR count). The van der Waals surface area contributed by atoms with E-state index in [2.05, 4.69) is 13.8 Å². The van der Waals surface area contributed by atoms with Crippen molar-refractivity contribution in [3.63, 3.8) is 0 Å². The number of ether oxygens (including phenoxy) is 1. The van der Waals surface area contributed by atoms with Crippen LogP contribution in [-0.2, 0) is 19.6 Å². The number of sulfonamides is 1. The number of carbonyl (C=O) groups is 1. The molecule has 0 aromatic heterocycles. The Balaban J connectivity index is 2.04. The van der Waals surface area contributed by atoms with Crippen LogP contribution in [0.3, 0.4) is 0 Å². The third kappa shape index (κ3) is 5.82. The molecule has 6 nitrogen and oxygen atoms in total. The first-order chi connectivity index (χ1) is 12.9. The topological polar surface area (TPSA) is 75.7 Å². The van der Waals surface area contributed by atoms with E-state index in [0.717, 1.165) is 25.7 Å². The van der Waals surface area contributed by atoms with E-state index in [1.54, 1.807) is 4.72 Å². The number of likely N-dealkylation sites (tertiary alicyclic amines) is 1. The van der Waals surface area contributed by atoms with Gasteiger partial charge in [0.15, 0.2) is 0 Å². The van der Waals surface area contributed by atoms with Gasteiger partial charge in [0.2, 0.25) is 5.91 Å². The standard InChI is InChI=1S/C18H31F3N2O4S/c1-12(2)14-6-8-15(9-7-14)27-11-17-16(5-4-10-23(17)13(3)24)22-28(25,26)18(19,20)21/h12,14-17,22H,4-11H2,1-3H3/t14-,15+,16-,17-/m0/s1. The van der Waals surface area contributed by atoms with Gasteiger partial charge in [0.1, 0.15) is 0 Å². The minimum absolute atomic E-state index is 0.00870. The molecule has 1 aliphatic heterocycles. The van der Waals surface area contributed by atoms with Crippen molar-refractivity contribution in [3.8, 4) is 0 Å². The molecule has 0 aromatic carbocycles. The summed E-state index contributed by atoms with van der Waals surface area (Å²) in [6, 6.07) is -1.76. The van der Waals surface area contributed by atoms with Gasteiger partial charge >= 0.3 is 15.5 Å². The second kappa shape index (κ2) is 9.30. The molecule has 2 fully saturated rings. The highest BCUT2D eigenvalue weighted by molar-refractivity contribution is 7.90. The lowest BCUT2D eigenvalue weighted by atomic mass is 9.80. The van der Waals surface area contributed by atoms with Crippen molar-refractivity contribution in [3.05, 3.63) is 0 Å². The minimum Gasteiger partial charge on any atom is -0.376 e. The van der Waals surface area contributed by atoms with Crippen LogP contribution in [0, 0.1) is 11.8 Å². The zero-order valence-electron chi connectivity index (χ0n) is 16.7. The van der Waals surface area contributed by atoms with Gasteiger partial charge in [-0.25, -0.2) is 13.1 Å². The lowest BCUT2D eigenvalue weighted by molar-refractivity contribution is -0.136. The van der Waals surface area contributed by atoms with E-state index < -0.39 is 27.6 Å². The van der Waals surface area contributed by atoms with Gasteiger partial charge in [0, 0.05) is 19.5 Å². The van der Waals surface area contributed by atoms with Crippen molar-refractivity contribution in [1.29, 1.82) is 0 Å². The lowest BCUT2D eigenvalue weighted by Gasteiger charge is -2.42. The number of rotatable bonds is 6. The normalized spacial score (nSPS) is 29.9. The van der Waals surface area contributed by atoms with Crippen LogP contribution in [0.15, 0.2) is 0 Å². The molecule has 0 radical (unpaired) electrons. The van der Waals surface area contributed by atoms with Crippen LogP contribution in [-0.4, -0.2) is 56.1 Å². The molecule has 0 unspecified atom stereocenters. The second-order valence-electron chi connectivity index (χ2n) is 8.21. The first-order valence-electron chi connectivity index (χ1n) is 9.89. The van der Waals surface area contributed by atoms with Crippen molar-refractivity contribution >= 4 is 15.9 Å². The van der Waals surface area contributed by atoms with Crippen molar-refractivity contribution in [2.75, 3.05) is 13.2 Å². The number of hydrogen-bond donors (Lipinski definition) is 1. The molecular weight excluding hydrogens is 397 g/mol. The molecule has 10 heteroatoms. The largest absolute Gasteiger partial charge is 0.511 e. The predicted octanol–water partition coefficient (Wildman–Crippen LogP) is 3.04. The van der Waals surface area contributed by atoms with Gasteiger partial charge in [0.05, 0.1) is 18.8 Å². The van der Waals surface area contributed by atoms with Crippen LogP contribution < -0.4 is 4.72 Å². The molecule has 1 aliphatic carbocycles. The maximum atomic E-state index is 12.8. The first kappa shape index (κ1) is 23.4. The quantitative estimate of drug-likeness (QED) is 0.706. The average Bonchev–Trinajstić information content (AvgIpc) is 2.59. The summed E-state index contributed by atoms with van der Waals surface area (Å²) >= 11 is 0. The predicted molar refractivity (Wildman–Crippen MR) is 98.8 cm³/mol. The van der Waals surface area contributed by atoms with E-state index in [-0.39, 0.29) is 25.0 Å². The summed E-state index contributed by atoms with van der Waals surface area (Å²) in [4.78, 5) is 13.4. The zero-order valence-corrected chi connectivity index (χ0v) is 17.5. The fourth-order valence-corrected chi connectivity index (χ4v) is 5.02. The number of halogens is 3. The van der Waals surface area contributed by atoms with Crippen molar-refractivity contribution < 1.29 is 31.1 Å². The molecule has 0 bridgehead atoms. The van der Waals surface area contributed by atoms with Crippen LogP contribution in [0.4, 0.5) is 13.2 Å². The minimum atomic E-state index is -5.48. The molecule has 2 atom stereocenters. The third-order valence-electron chi connectivity index (χ3n) is 5.96. The van der Waals surface area contributed by atoms with Gasteiger partial charge in [-0.2, -0.15) is 13.2 Å². The Labute approximate surface area is 165 Å². The van der Waals surface area contributed by atoms with E-state index in [0.29, 0.717) is 24.8 Å². The molecule has 1 N–H and O–H groups in total. The Morgan fingerprint density at radius 2 is 1.79 bits per heavy atom. The van der Waals surface area contributed by atoms with Crippen LogP contribution in [0.2, 0.25) is 0 Å².